The molecular formula is C15H11Cl2NO2. The summed E-state index contributed by atoms with van der Waals surface area (Å²) in [4.78, 5) is 12.2. The number of phenolic OH excluding ortho intramolecular Hbond substituents is 1. The van der Waals surface area contributed by atoms with Crippen LogP contribution in [0.5, 0.6) is 5.75 Å². The minimum Gasteiger partial charge on any atom is -0.508 e. The Kier molecular flexibility index (Phi) is 3.11. The van der Waals surface area contributed by atoms with Gasteiger partial charge in [-0.05, 0) is 25.1 Å². The van der Waals surface area contributed by atoms with Crippen LogP contribution in [-0.4, -0.2) is 11.0 Å². The van der Waals surface area contributed by atoms with Crippen LogP contribution in [0.25, 0.3) is 0 Å². The Bertz CT molecular complexity index is 728. The first kappa shape index (κ1) is 13.3. The van der Waals surface area contributed by atoms with Crippen molar-refractivity contribution in [3.63, 3.8) is 0 Å². The number of aromatic hydroxyl groups is 1. The number of amides is 1. The fraction of sp³-hybridized carbons (Fsp3) is 0.133. The van der Waals surface area contributed by atoms with E-state index in [1.54, 1.807) is 30.3 Å². The molecule has 0 saturated heterocycles. The van der Waals surface area contributed by atoms with Crippen molar-refractivity contribution in [3.8, 4) is 5.75 Å². The van der Waals surface area contributed by atoms with Crippen LogP contribution in [0.1, 0.15) is 22.6 Å². The zero-order chi connectivity index (χ0) is 14.4. The molecule has 3 nitrogen and oxygen atoms in total. The maximum absolute atomic E-state index is 12.2. The molecule has 0 aliphatic carbocycles. The standard InChI is InChI=1S/C15H11Cl2NO2/c1-7-2-3-12(19)9(4-7)13-14-10(17)5-8(16)6-11(14)18-15(13)20/h2-6,13,19H,1H3,(H,18,20). The molecule has 1 aliphatic heterocycles. The number of carbonyl (C=O) groups excluding carboxylic acids is 1. The molecule has 1 atom stereocenters. The first-order valence-corrected chi connectivity index (χ1v) is 6.82. The van der Waals surface area contributed by atoms with E-state index in [4.69, 9.17) is 23.2 Å². The normalized spacial score (nSPS) is 16.9. The van der Waals surface area contributed by atoms with Gasteiger partial charge in [0, 0.05) is 26.9 Å². The molecule has 0 saturated carbocycles. The molecule has 5 heteroatoms. The molecule has 0 radical (unpaired) electrons. The summed E-state index contributed by atoms with van der Waals surface area (Å²) in [5.74, 6) is -0.755. The van der Waals surface area contributed by atoms with Gasteiger partial charge in [0.25, 0.3) is 0 Å². The molecule has 0 bridgehead atoms. The minimum absolute atomic E-state index is 0.0783. The van der Waals surface area contributed by atoms with Gasteiger partial charge in [0.05, 0.1) is 5.92 Å². The van der Waals surface area contributed by atoms with Gasteiger partial charge < -0.3 is 10.4 Å². The second-order valence-corrected chi connectivity index (χ2v) is 5.68. The van der Waals surface area contributed by atoms with Gasteiger partial charge >= 0.3 is 0 Å². The molecule has 2 aromatic carbocycles. The van der Waals surface area contributed by atoms with Crippen molar-refractivity contribution in [1.29, 1.82) is 0 Å². The van der Waals surface area contributed by atoms with E-state index in [0.717, 1.165) is 5.56 Å². The lowest BCUT2D eigenvalue weighted by Crippen LogP contribution is -2.13. The molecule has 20 heavy (non-hydrogen) atoms. The van der Waals surface area contributed by atoms with E-state index in [1.165, 1.54) is 0 Å². The van der Waals surface area contributed by atoms with Crippen LogP contribution in [0.4, 0.5) is 5.69 Å². The highest BCUT2D eigenvalue weighted by atomic mass is 35.5. The predicted octanol–water partition coefficient (Wildman–Crippen LogP) is 4.09. The molecule has 2 N–H and O–H groups in total. The number of nitrogens with one attached hydrogen (secondary N) is 1. The van der Waals surface area contributed by atoms with E-state index in [-0.39, 0.29) is 11.7 Å². The number of rotatable bonds is 1. The molecule has 3 rings (SSSR count). The summed E-state index contributed by atoms with van der Waals surface area (Å²) in [5, 5.41) is 13.7. The Balaban J connectivity index is 2.22. The van der Waals surface area contributed by atoms with Gasteiger partial charge in [-0.25, -0.2) is 0 Å². The molecule has 1 heterocycles. The number of benzene rings is 2. The van der Waals surface area contributed by atoms with E-state index < -0.39 is 5.92 Å². The molecule has 1 amide bonds. The van der Waals surface area contributed by atoms with Crippen LogP contribution in [0.3, 0.4) is 0 Å². The van der Waals surface area contributed by atoms with Gasteiger partial charge in [-0.2, -0.15) is 0 Å². The van der Waals surface area contributed by atoms with Crippen molar-refractivity contribution in [2.75, 3.05) is 5.32 Å². The molecule has 102 valence electrons. The zero-order valence-electron chi connectivity index (χ0n) is 10.6. The summed E-state index contributed by atoms with van der Waals surface area (Å²) in [7, 11) is 0. The van der Waals surface area contributed by atoms with Gasteiger partial charge in [0.15, 0.2) is 0 Å². The number of hydrogen-bond donors (Lipinski definition) is 2. The zero-order valence-corrected chi connectivity index (χ0v) is 12.1. The lowest BCUT2D eigenvalue weighted by molar-refractivity contribution is -0.116. The minimum atomic E-state index is -0.616. The maximum atomic E-state index is 12.2. The number of carbonyl (C=O) groups is 1. The number of halogens is 2. The monoisotopic (exact) mass is 307 g/mol. The highest BCUT2D eigenvalue weighted by molar-refractivity contribution is 6.36. The van der Waals surface area contributed by atoms with Gasteiger partial charge in [-0.15, -0.1) is 0 Å². The predicted molar refractivity (Wildman–Crippen MR) is 79.8 cm³/mol. The molecule has 0 spiro atoms. The lowest BCUT2D eigenvalue weighted by atomic mass is 9.91. The van der Waals surface area contributed by atoms with E-state index in [2.05, 4.69) is 5.32 Å². The van der Waals surface area contributed by atoms with Crippen molar-refractivity contribution in [2.24, 2.45) is 0 Å². The molecular weight excluding hydrogens is 297 g/mol. The van der Waals surface area contributed by atoms with Gasteiger partial charge in [0.1, 0.15) is 5.75 Å². The van der Waals surface area contributed by atoms with Crippen LogP contribution in [0, 0.1) is 6.92 Å². The van der Waals surface area contributed by atoms with E-state index in [9.17, 15) is 9.90 Å². The largest absolute Gasteiger partial charge is 0.508 e. The molecule has 1 aliphatic rings. The number of anilines is 1. The fourth-order valence-electron chi connectivity index (χ4n) is 2.52. The van der Waals surface area contributed by atoms with Crippen molar-refractivity contribution in [3.05, 3.63) is 57.1 Å². The van der Waals surface area contributed by atoms with Gasteiger partial charge in [-0.3, -0.25) is 4.79 Å². The number of fused-ring (bicyclic) bond motifs is 1. The van der Waals surface area contributed by atoms with Crippen molar-refractivity contribution >= 4 is 34.8 Å². The second kappa shape index (κ2) is 4.69. The highest BCUT2D eigenvalue weighted by Gasteiger charge is 2.35. The van der Waals surface area contributed by atoms with Crippen LogP contribution in [0.15, 0.2) is 30.3 Å². The van der Waals surface area contributed by atoms with Gasteiger partial charge in [0.2, 0.25) is 5.91 Å². The van der Waals surface area contributed by atoms with Crippen LogP contribution in [-0.2, 0) is 4.79 Å². The fourth-order valence-corrected chi connectivity index (χ4v) is 3.12. The lowest BCUT2D eigenvalue weighted by Gasteiger charge is -2.13. The van der Waals surface area contributed by atoms with E-state index >= 15 is 0 Å². The average Bonchev–Trinajstić information content (AvgIpc) is 2.68. The van der Waals surface area contributed by atoms with Gasteiger partial charge in [-0.1, -0.05) is 40.9 Å². The average molecular weight is 308 g/mol. The van der Waals surface area contributed by atoms with Crippen LogP contribution < -0.4 is 5.32 Å². The van der Waals surface area contributed by atoms with Crippen molar-refractivity contribution in [2.45, 2.75) is 12.8 Å². The summed E-state index contributed by atoms with van der Waals surface area (Å²) in [6, 6.07) is 8.42. The Labute approximate surface area is 126 Å². The van der Waals surface area contributed by atoms with Crippen LogP contribution >= 0.6 is 23.2 Å². The summed E-state index contributed by atoms with van der Waals surface area (Å²) >= 11 is 12.2. The quantitative estimate of drug-likeness (QED) is 0.833. The Morgan fingerprint density at radius 1 is 1.20 bits per heavy atom. The van der Waals surface area contributed by atoms with Crippen molar-refractivity contribution in [1.82, 2.24) is 0 Å². The summed E-state index contributed by atoms with van der Waals surface area (Å²) in [6.45, 7) is 1.90. The Hall–Kier alpha value is -1.71. The molecule has 2 aromatic rings. The van der Waals surface area contributed by atoms with Crippen LogP contribution in [0.2, 0.25) is 10.0 Å². The summed E-state index contributed by atoms with van der Waals surface area (Å²) < 4.78 is 0. The smallest absolute Gasteiger partial charge is 0.236 e. The third kappa shape index (κ3) is 2.03. The maximum Gasteiger partial charge on any atom is 0.236 e. The molecule has 0 fully saturated rings. The first-order chi connectivity index (χ1) is 9.47. The summed E-state index contributed by atoms with van der Waals surface area (Å²) in [5.41, 5.74) is 2.76. The number of hydrogen-bond acceptors (Lipinski definition) is 2. The summed E-state index contributed by atoms with van der Waals surface area (Å²) in [6.07, 6.45) is 0. The Morgan fingerprint density at radius 2 is 1.95 bits per heavy atom. The number of phenols is 1. The highest BCUT2D eigenvalue weighted by Crippen LogP contribution is 2.45. The number of aryl methyl sites for hydroxylation is 1. The Morgan fingerprint density at radius 3 is 2.70 bits per heavy atom. The molecule has 0 aromatic heterocycles. The van der Waals surface area contributed by atoms with E-state index in [0.29, 0.717) is 26.9 Å². The third-order valence-electron chi connectivity index (χ3n) is 3.40. The third-order valence-corrected chi connectivity index (χ3v) is 3.93. The van der Waals surface area contributed by atoms with Crippen molar-refractivity contribution < 1.29 is 9.90 Å². The topological polar surface area (TPSA) is 49.3 Å². The SMILES string of the molecule is Cc1ccc(O)c(C2C(=O)Nc3cc(Cl)cc(Cl)c32)c1. The second-order valence-electron chi connectivity index (χ2n) is 4.83. The van der Waals surface area contributed by atoms with E-state index in [1.807, 2.05) is 6.92 Å². The first-order valence-electron chi connectivity index (χ1n) is 6.06. The molecule has 1 unspecified atom stereocenters.